The van der Waals surface area contributed by atoms with Gasteiger partial charge in [-0.1, -0.05) is 15.9 Å². The maximum absolute atomic E-state index is 10.6. The van der Waals surface area contributed by atoms with Crippen LogP contribution in [-0.4, -0.2) is 42.7 Å². The zero-order valence-electron chi connectivity index (χ0n) is 11.1. The number of carboxylic acid groups (broad SMARTS) is 1. The summed E-state index contributed by atoms with van der Waals surface area (Å²) >= 11 is 3.42. The van der Waals surface area contributed by atoms with Crippen LogP contribution < -0.4 is 10.5 Å². The van der Waals surface area contributed by atoms with E-state index in [4.69, 9.17) is 15.6 Å². The highest BCUT2D eigenvalue weighted by molar-refractivity contribution is 9.10. The molecule has 1 atom stereocenters. The molecule has 1 unspecified atom stereocenters. The van der Waals surface area contributed by atoms with Gasteiger partial charge in [0.05, 0.1) is 13.5 Å². The molecule has 5 nitrogen and oxygen atoms in total. The summed E-state index contributed by atoms with van der Waals surface area (Å²) in [5.41, 5.74) is 6.80. The van der Waals surface area contributed by atoms with Gasteiger partial charge in [-0.15, -0.1) is 0 Å². The van der Waals surface area contributed by atoms with E-state index in [1.54, 1.807) is 7.11 Å². The summed E-state index contributed by atoms with van der Waals surface area (Å²) in [5.74, 6) is -0.0669. The van der Waals surface area contributed by atoms with Crippen molar-refractivity contribution in [1.29, 1.82) is 0 Å². The molecule has 0 bridgehead atoms. The van der Waals surface area contributed by atoms with E-state index in [1.165, 1.54) is 0 Å². The number of ether oxygens (including phenoxy) is 1. The normalized spacial score (nSPS) is 12.5. The fourth-order valence-corrected chi connectivity index (χ4v) is 2.32. The van der Waals surface area contributed by atoms with Crippen LogP contribution in [0.15, 0.2) is 22.7 Å². The summed E-state index contributed by atoms with van der Waals surface area (Å²) in [4.78, 5) is 12.6. The van der Waals surface area contributed by atoms with Crippen molar-refractivity contribution < 1.29 is 14.6 Å². The number of hydrogen-bond donors (Lipinski definition) is 2. The van der Waals surface area contributed by atoms with E-state index in [-0.39, 0.29) is 12.5 Å². The SMILES string of the molecule is COc1ccc(Br)cc1CN(C)CC(N)CC(=O)O. The molecule has 6 heteroatoms. The first-order valence-corrected chi connectivity index (χ1v) is 6.70. The Hall–Kier alpha value is -1.11. The Bertz CT molecular complexity index is 440. The van der Waals surface area contributed by atoms with Crippen molar-refractivity contribution in [2.45, 2.75) is 19.0 Å². The van der Waals surface area contributed by atoms with E-state index in [1.807, 2.05) is 30.1 Å². The number of carboxylic acids is 1. The Morgan fingerprint density at radius 3 is 2.84 bits per heavy atom. The first-order valence-electron chi connectivity index (χ1n) is 5.90. The molecule has 0 aromatic heterocycles. The van der Waals surface area contributed by atoms with Gasteiger partial charge in [0, 0.05) is 29.2 Å². The second kappa shape index (κ2) is 7.47. The summed E-state index contributed by atoms with van der Waals surface area (Å²) in [6.45, 7) is 1.16. The van der Waals surface area contributed by atoms with Crippen molar-refractivity contribution in [3.05, 3.63) is 28.2 Å². The van der Waals surface area contributed by atoms with Crippen LogP contribution in [0.1, 0.15) is 12.0 Å². The minimum absolute atomic E-state index is 0.0278. The molecule has 0 radical (unpaired) electrons. The summed E-state index contributed by atoms with van der Waals surface area (Å²) < 4.78 is 6.28. The van der Waals surface area contributed by atoms with Crippen LogP contribution in [0.5, 0.6) is 5.75 Å². The third-order valence-corrected chi connectivity index (χ3v) is 3.16. The maximum Gasteiger partial charge on any atom is 0.304 e. The highest BCUT2D eigenvalue weighted by Gasteiger charge is 2.13. The topological polar surface area (TPSA) is 75.8 Å². The van der Waals surface area contributed by atoms with Gasteiger partial charge in [-0.05, 0) is 25.2 Å². The van der Waals surface area contributed by atoms with Crippen LogP contribution in [0.25, 0.3) is 0 Å². The monoisotopic (exact) mass is 330 g/mol. The van der Waals surface area contributed by atoms with Crippen molar-refractivity contribution in [2.24, 2.45) is 5.73 Å². The van der Waals surface area contributed by atoms with Crippen LogP contribution in [0, 0.1) is 0 Å². The fourth-order valence-electron chi connectivity index (χ4n) is 1.92. The number of nitrogens with zero attached hydrogens (tertiary/aromatic N) is 1. The van der Waals surface area contributed by atoms with E-state index in [9.17, 15) is 4.79 Å². The third-order valence-electron chi connectivity index (χ3n) is 2.67. The Morgan fingerprint density at radius 1 is 1.58 bits per heavy atom. The van der Waals surface area contributed by atoms with Gasteiger partial charge in [0.2, 0.25) is 0 Å². The van der Waals surface area contributed by atoms with Crippen molar-refractivity contribution in [1.82, 2.24) is 4.90 Å². The number of aliphatic carboxylic acids is 1. The number of methoxy groups -OCH3 is 1. The number of likely N-dealkylation sites (N-methyl/N-ethyl adjacent to an activating group) is 1. The molecule has 0 heterocycles. The first kappa shape index (κ1) is 15.9. The molecular formula is C13H19BrN2O3. The van der Waals surface area contributed by atoms with Gasteiger partial charge in [0.1, 0.15) is 5.75 Å². The molecule has 0 aliphatic carbocycles. The quantitative estimate of drug-likeness (QED) is 0.795. The van der Waals surface area contributed by atoms with Gasteiger partial charge in [-0.25, -0.2) is 0 Å². The van der Waals surface area contributed by atoms with E-state index >= 15 is 0 Å². The Balaban J connectivity index is 2.63. The molecule has 0 saturated heterocycles. The molecule has 0 spiro atoms. The maximum atomic E-state index is 10.6. The number of rotatable bonds is 7. The molecule has 0 aliphatic rings. The van der Waals surface area contributed by atoms with Gasteiger partial charge >= 0.3 is 5.97 Å². The number of benzene rings is 1. The Labute approximate surface area is 121 Å². The lowest BCUT2D eigenvalue weighted by Crippen LogP contribution is -2.36. The number of halogens is 1. The number of carbonyl (C=O) groups is 1. The van der Waals surface area contributed by atoms with E-state index in [0.29, 0.717) is 13.1 Å². The summed E-state index contributed by atoms with van der Waals surface area (Å²) in [7, 11) is 3.53. The van der Waals surface area contributed by atoms with Gasteiger partial charge in [-0.3, -0.25) is 4.79 Å². The fraction of sp³-hybridized carbons (Fsp3) is 0.462. The van der Waals surface area contributed by atoms with Crippen molar-refractivity contribution in [3.63, 3.8) is 0 Å². The standard InChI is InChI=1S/C13H19BrN2O3/c1-16(8-11(15)6-13(17)18)7-9-5-10(14)3-4-12(9)19-2/h3-5,11H,6-8,15H2,1-2H3,(H,17,18). The van der Waals surface area contributed by atoms with E-state index < -0.39 is 5.97 Å². The van der Waals surface area contributed by atoms with Crippen LogP contribution in [0.4, 0.5) is 0 Å². The van der Waals surface area contributed by atoms with E-state index in [0.717, 1.165) is 15.8 Å². The summed E-state index contributed by atoms with van der Waals surface area (Å²) in [6, 6.07) is 5.42. The lowest BCUT2D eigenvalue weighted by atomic mass is 10.1. The van der Waals surface area contributed by atoms with Crippen molar-refractivity contribution >= 4 is 21.9 Å². The molecule has 0 aliphatic heterocycles. The second-order valence-corrected chi connectivity index (χ2v) is 5.43. The van der Waals surface area contributed by atoms with Gasteiger partial charge in [0.25, 0.3) is 0 Å². The predicted octanol–water partition coefficient (Wildman–Crippen LogP) is 1.69. The number of hydrogen-bond acceptors (Lipinski definition) is 4. The van der Waals surface area contributed by atoms with Crippen molar-refractivity contribution in [2.75, 3.05) is 20.7 Å². The largest absolute Gasteiger partial charge is 0.496 e. The minimum Gasteiger partial charge on any atom is -0.496 e. The number of nitrogens with two attached hydrogens (primary N) is 1. The second-order valence-electron chi connectivity index (χ2n) is 4.51. The lowest BCUT2D eigenvalue weighted by Gasteiger charge is -2.21. The van der Waals surface area contributed by atoms with Crippen LogP contribution in [-0.2, 0) is 11.3 Å². The highest BCUT2D eigenvalue weighted by Crippen LogP contribution is 2.24. The molecule has 0 fully saturated rings. The molecule has 0 amide bonds. The molecule has 106 valence electrons. The average Bonchev–Trinajstić information content (AvgIpc) is 2.27. The molecule has 0 saturated carbocycles. The van der Waals surface area contributed by atoms with Crippen molar-refractivity contribution in [3.8, 4) is 5.75 Å². The lowest BCUT2D eigenvalue weighted by molar-refractivity contribution is -0.137. The predicted molar refractivity (Wildman–Crippen MR) is 77.3 cm³/mol. The molecule has 19 heavy (non-hydrogen) atoms. The molecule has 1 aromatic rings. The van der Waals surface area contributed by atoms with Crippen LogP contribution >= 0.6 is 15.9 Å². The van der Waals surface area contributed by atoms with E-state index in [2.05, 4.69) is 15.9 Å². The van der Waals surface area contributed by atoms with Gasteiger partial charge in [-0.2, -0.15) is 0 Å². The molecule has 3 N–H and O–H groups in total. The zero-order chi connectivity index (χ0) is 14.4. The average molecular weight is 331 g/mol. The smallest absolute Gasteiger partial charge is 0.304 e. The molecule has 1 rings (SSSR count). The Kier molecular flexibility index (Phi) is 6.27. The summed E-state index contributed by atoms with van der Waals surface area (Å²) in [6.07, 6.45) is -0.0278. The van der Waals surface area contributed by atoms with Gasteiger partial charge in [0.15, 0.2) is 0 Å². The minimum atomic E-state index is -0.874. The third kappa shape index (κ3) is 5.59. The highest BCUT2D eigenvalue weighted by atomic mass is 79.9. The molecule has 1 aromatic carbocycles. The molecular weight excluding hydrogens is 312 g/mol. The van der Waals surface area contributed by atoms with Crippen LogP contribution in [0.3, 0.4) is 0 Å². The van der Waals surface area contributed by atoms with Gasteiger partial charge < -0.3 is 20.5 Å². The summed E-state index contributed by atoms with van der Waals surface area (Å²) in [5, 5.41) is 8.68. The first-order chi connectivity index (χ1) is 8.92. The Morgan fingerprint density at radius 2 is 2.26 bits per heavy atom. The van der Waals surface area contributed by atoms with Crippen LogP contribution in [0.2, 0.25) is 0 Å². The zero-order valence-corrected chi connectivity index (χ0v) is 12.7.